The Balaban J connectivity index is 1.85. The van der Waals surface area contributed by atoms with E-state index in [1.54, 1.807) is 30.3 Å². The molecule has 0 aromatic heterocycles. The fraction of sp³-hybridized carbons (Fsp3) is 0.0476. The minimum atomic E-state index is -0.124. The Morgan fingerprint density at radius 1 is 0.760 bits per heavy atom. The number of phenols is 3. The molecule has 3 N–H and O–H groups in total. The van der Waals surface area contributed by atoms with E-state index < -0.39 is 0 Å². The lowest BCUT2D eigenvalue weighted by Gasteiger charge is -2.12. The molecule has 0 saturated carbocycles. The Labute approximate surface area is 145 Å². The van der Waals surface area contributed by atoms with Crippen LogP contribution in [0, 0.1) is 0 Å². The van der Waals surface area contributed by atoms with Crippen LogP contribution in [0.5, 0.6) is 23.0 Å². The molecular weight excluding hydrogens is 316 g/mol. The second kappa shape index (κ2) is 7.45. The fourth-order valence-electron chi connectivity index (χ4n) is 2.40. The molecule has 0 unspecified atom stereocenters. The van der Waals surface area contributed by atoms with E-state index in [9.17, 15) is 15.3 Å². The average Bonchev–Trinajstić information content (AvgIpc) is 2.61. The first-order valence-electron chi connectivity index (χ1n) is 7.81. The van der Waals surface area contributed by atoms with Gasteiger partial charge in [0, 0.05) is 11.6 Å². The summed E-state index contributed by atoms with van der Waals surface area (Å²) in [6.45, 7) is 0.305. The van der Waals surface area contributed by atoms with Gasteiger partial charge in [0.2, 0.25) is 0 Å². The van der Waals surface area contributed by atoms with Gasteiger partial charge in [-0.05, 0) is 29.3 Å². The summed E-state index contributed by atoms with van der Waals surface area (Å²) in [4.78, 5) is 0. The van der Waals surface area contributed by atoms with Crippen molar-refractivity contribution in [3.05, 3.63) is 83.4 Å². The smallest absolute Gasteiger partial charge is 0.168 e. The van der Waals surface area contributed by atoms with Crippen molar-refractivity contribution < 1.29 is 20.1 Å². The Morgan fingerprint density at radius 3 is 2.20 bits per heavy atom. The van der Waals surface area contributed by atoms with Gasteiger partial charge in [-0.25, -0.2) is 0 Å². The molecule has 0 bridgehead atoms. The van der Waals surface area contributed by atoms with Gasteiger partial charge in [0.1, 0.15) is 18.1 Å². The normalized spacial score (nSPS) is 10.9. The molecule has 0 fully saturated rings. The maximum atomic E-state index is 10.1. The largest absolute Gasteiger partial charge is 0.508 e. The van der Waals surface area contributed by atoms with E-state index in [0.717, 1.165) is 11.1 Å². The summed E-state index contributed by atoms with van der Waals surface area (Å²) >= 11 is 0. The predicted octanol–water partition coefficient (Wildman–Crippen LogP) is 4.55. The third-order valence-corrected chi connectivity index (χ3v) is 3.66. The van der Waals surface area contributed by atoms with Crippen LogP contribution in [-0.4, -0.2) is 15.3 Å². The van der Waals surface area contributed by atoms with Gasteiger partial charge < -0.3 is 20.1 Å². The van der Waals surface area contributed by atoms with E-state index in [1.165, 1.54) is 12.1 Å². The van der Waals surface area contributed by atoms with Gasteiger partial charge >= 0.3 is 0 Å². The van der Waals surface area contributed by atoms with Crippen molar-refractivity contribution >= 4 is 12.2 Å². The summed E-state index contributed by atoms with van der Waals surface area (Å²) in [7, 11) is 0. The predicted molar refractivity (Wildman–Crippen MR) is 97.6 cm³/mol. The molecule has 4 heteroatoms. The van der Waals surface area contributed by atoms with Crippen molar-refractivity contribution in [3.8, 4) is 23.0 Å². The number of ether oxygens (including phenoxy) is 1. The molecule has 126 valence electrons. The van der Waals surface area contributed by atoms with Crippen LogP contribution in [0.3, 0.4) is 0 Å². The first-order valence-corrected chi connectivity index (χ1v) is 7.81. The zero-order valence-electron chi connectivity index (χ0n) is 13.5. The minimum Gasteiger partial charge on any atom is -0.508 e. The highest BCUT2D eigenvalue weighted by atomic mass is 16.5. The fourth-order valence-corrected chi connectivity index (χ4v) is 2.40. The maximum absolute atomic E-state index is 10.1. The first-order chi connectivity index (χ1) is 12.1. The van der Waals surface area contributed by atoms with Gasteiger partial charge in [0.15, 0.2) is 11.5 Å². The molecular formula is C21H18O4. The second-order valence-electron chi connectivity index (χ2n) is 5.58. The first kappa shape index (κ1) is 16.5. The van der Waals surface area contributed by atoms with Crippen LogP contribution in [0.15, 0.2) is 66.7 Å². The van der Waals surface area contributed by atoms with Gasteiger partial charge in [-0.15, -0.1) is 0 Å². The molecule has 0 aliphatic rings. The molecule has 0 aliphatic carbocycles. The number of benzene rings is 3. The van der Waals surface area contributed by atoms with E-state index in [0.29, 0.717) is 17.9 Å². The molecule has 25 heavy (non-hydrogen) atoms. The van der Waals surface area contributed by atoms with Crippen molar-refractivity contribution in [3.63, 3.8) is 0 Å². The summed E-state index contributed by atoms with van der Waals surface area (Å²) in [6.07, 6.45) is 3.55. The quantitative estimate of drug-likeness (QED) is 0.599. The SMILES string of the molecule is Oc1ccc(C=Cc2cc(O)cc(O)c2OCc2ccccc2)cc1. The molecule has 0 heterocycles. The minimum absolute atomic E-state index is 0.0464. The zero-order chi connectivity index (χ0) is 17.6. The van der Waals surface area contributed by atoms with Crippen LogP contribution in [0.4, 0.5) is 0 Å². The lowest BCUT2D eigenvalue weighted by atomic mass is 10.1. The van der Waals surface area contributed by atoms with Crippen molar-refractivity contribution in [2.24, 2.45) is 0 Å². The monoisotopic (exact) mass is 334 g/mol. The molecule has 4 nitrogen and oxygen atoms in total. The van der Waals surface area contributed by atoms with Gasteiger partial charge in [-0.2, -0.15) is 0 Å². The van der Waals surface area contributed by atoms with Gasteiger partial charge in [-0.1, -0.05) is 54.6 Å². The number of rotatable bonds is 5. The van der Waals surface area contributed by atoms with Crippen molar-refractivity contribution in [2.45, 2.75) is 6.61 Å². The molecule has 0 aliphatic heterocycles. The zero-order valence-corrected chi connectivity index (χ0v) is 13.5. The Kier molecular flexibility index (Phi) is 4.90. The Hall–Kier alpha value is -3.40. The number of hydrogen-bond donors (Lipinski definition) is 3. The molecule has 0 saturated heterocycles. The van der Waals surface area contributed by atoms with Gasteiger partial charge in [0.05, 0.1) is 0 Å². The highest BCUT2D eigenvalue weighted by Crippen LogP contribution is 2.36. The van der Waals surface area contributed by atoms with Crippen LogP contribution in [0.25, 0.3) is 12.2 Å². The van der Waals surface area contributed by atoms with E-state index in [-0.39, 0.29) is 17.2 Å². The van der Waals surface area contributed by atoms with Gasteiger partial charge in [0.25, 0.3) is 0 Å². The maximum Gasteiger partial charge on any atom is 0.168 e. The molecule has 0 radical (unpaired) electrons. The standard InChI is InChI=1S/C21H18O4/c22-18-10-7-15(8-11-18)6-9-17-12-19(23)13-20(24)21(17)25-14-16-4-2-1-3-5-16/h1-13,22-24H,14H2. The lowest BCUT2D eigenvalue weighted by Crippen LogP contribution is -1.97. The van der Waals surface area contributed by atoms with Crippen molar-refractivity contribution in [1.82, 2.24) is 0 Å². The van der Waals surface area contributed by atoms with Crippen LogP contribution < -0.4 is 4.74 Å². The van der Waals surface area contributed by atoms with E-state index in [4.69, 9.17) is 4.74 Å². The second-order valence-corrected chi connectivity index (χ2v) is 5.58. The van der Waals surface area contributed by atoms with Gasteiger partial charge in [-0.3, -0.25) is 0 Å². The molecule has 0 amide bonds. The summed E-state index contributed by atoms with van der Waals surface area (Å²) in [5.74, 6) is 0.326. The van der Waals surface area contributed by atoms with Crippen LogP contribution in [0.1, 0.15) is 16.7 Å². The number of phenolic OH excluding ortho intramolecular Hbond substituents is 3. The van der Waals surface area contributed by atoms with Crippen LogP contribution in [-0.2, 0) is 6.61 Å². The number of aromatic hydroxyl groups is 3. The highest BCUT2D eigenvalue weighted by Gasteiger charge is 2.10. The van der Waals surface area contributed by atoms with Crippen LogP contribution in [0.2, 0.25) is 0 Å². The lowest BCUT2D eigenvalue weighted by molar-refractivity contribution is 0.287. The molecule has 3 aromatic carbocycles. The number of hydrogen-bond acceptors (Lipinski definition) is 4. The van der Waals surface area contributed by atoms with Crippen molar-refractivity contribution in [1.29, 1.82) is 0 Å². The summed E-state index contributed by atoms with van der Waals surface area (Å²) in [5, 5.41) is 29.2. The third kappa shape index (κ3) is 4.32. The average molecular weight is 334 g/mol. The molecule has 0 spiro atoms. The molecule has 3 aromatic rings. The van der Waals surface area contributed by atoms with Crippen LogP contribution >= 0.6 is 0 Å². The summed E-state index contributed by atoms with van der Waals surface area (Å²) < 4.78 is 5.76. The van der Waals surface area contributed by atoms with E-state index in [1.807, 2.05) is 36.4 Å². The Morgan fingerprint density at radius 2 is 1.48 bits per heavy atom. The Bertz CT molecular complexity index is 868. The van der Waals surface area contributed by atoms with Crippen molar-refractivity contribution in [2.75, 3.05) is 0 Å². The summed E-state index contributed by atoms with van der Waals surface area (Å²) in [5.41, 5.74) is 2.40. The summed E-state index contributed by atoms with van der Waals surface area (Å²) in [6, 6.07) is 19.1. The molecule has 0 atom stereocenters. The van der Waals surface area contributed by atoms with E-state index in [2.05, 4.69) is 0 Å². The topological polar surface area (TPSA) is 69.9 Å². The van der Waals surface area contributed by atoms with E-state index >= 15 is 0 Å². The highest BCUT2D eigenvalue weighted by molar-refractivity contribution is 5.75. The molecule has 3 rings (SSSR count). The third-order valence-electron chi connectivity index (χ3n) is 3.66.